The zero-order valence-electron chi connectivity index (χ0n) is 15.7. The van der Waals surface area contributed by atoms with Gasteiger partial charge in [-0.3, -0.25) is 4.79 Å². The molecule has 6 nitrogen and oxygen atoms in total. The largest absolute Gasteiger partial charge is 0.494 e. The van der Waals surface area contributed by atoms with Crippen molar-refractivity contribution in [3.05, 3.63) is 28.8 Å². The second-order valence-electron chi connectivity index (χ2n) is 6.95. The first-order chi connectivity index (χ1) is 12.8. The molecular formula is C19H26ClFN2O4. The molecule has 1 aromatic carbocycles. The van der Waals surface area contributed by atoms with Gasteiger partial charge in [0.2, 0.25) is 0 Å². The van der Waals surface area contributed by atoms with Crippen LogP contribution in [0.2, 0.25) is 5.02 Å². The maximum absolute atomic E-state index is 14.3. The Labute approximate surface area is 163 Å². The molecule has 27 heavy (non-hydrogen) atoms. The van der Waals surface area contributed by atoms with Gasteiger partial charge in [0.25, 0.3) is 5.91 Å². The van der Waals surface area contributed by atoms with E-state index in [1.54, 1.807) is 32.3 Å². The molecule has 2 amide bonds. The maximum atomic E-state index is 14.3. The Kier molecular flexibility index (Phi) is 7.71. The van der Waals surface area contributed by atoms with Gasteiger partial charge in [0.05, 0.1) is 17.2 Å². The Morgan fingerprint density at radius 2 is 2.04 bits per heavy atom. The summed E-state index contributed by atoms with van der Waals surface area (Å²) in [7, 11) is 3.31. The van der Waals surface area contributed by atoms with Gasteiger partial charge in [-0.05, 0) is 49.8 Å². The van der Waals surface area contributed by atoms with Crippen LogP contribution in [0.5, 0.6) is 5.75 Å². The van der Waals surface area contributed by atoms with E-state index < -0.39 is 12.3 Å². The molecule has 1 saturated heterocycles. The quantitative estimate of drug-likeness (QED) is 0.704. The van der Waals surface area contributed by atoms with Crippen molar-refractivity contribution < 1.29 is 23.8 Å². The van der Waals surface area contributed by atoms with E-state index in [1.807, 2.05) is 0 Å². The van der Waals surface area contributed by atoms with Crippen molar-refractivity contribution >= 4 is 23.6 Å². The summed E-state index contributed by atoms with van der Waals surface area (Å²) < 4.78 is 19.9. The number of hydrogen-bond acceptors (Lipinski definition) is 3. The first kappa shape index (κ1) is 21.3. The lowest BCUT2D eigenvalue weighted by Gasteiger charge is -2.31. The Morgan fingerprint density at radius 3 is 2.59 bits per heavy atom. The summed E-state index contributed by atoms with van der Waals surface area (Å²) in [5, 5.41) is 9.24. The molecule has 0 bridgehead atoms. The molecule has 8 heteroatoms. The number of carbonyl (C=O) groups is 2. The van der Waals surface area contributed by atoms with Gasteiger partial charge in [0.1, 0.15) is 11.9 Å². The van der Waals surface area contributed by atoms with E-state index in [-0.39, 0.29) is 11.8 Å². The summed E-state index contributed by atoms with van der Waals surface area (Å²) >= 11 is 6.13. The summed E-state index contributed by atoms with van der Waals surface area (Å²) in [6.07, 6.45) is 0.165. The highest BCUT2D eigenvalue weighted by molar-refractivity contribution is 6.34. The van der Waals surface area contributed by atoms with Gasteiger partial charge >= 0.3 is 6.09 Å². The highest BCUT2D eigenvalue weighted by Crippen LogP contribution is 2.26. The zero-order valence-corrected chi connectivity index (χ0v) is 16.4. The first-order valence-electron chi connectivity index (χ1n) is 9.05. The highest BCUT2D eigenvalue weighted by atomic mass is 35.5. The van der Waals surface area contributed by atoms with E-state index >= 15 is 0 Å². The highest BCUT2D eigenvalue weighted by Gasteiger charge is 2.28. The molecule has 2 rings (SSSR count). The summed E-state index contributed by atoms with van der Waals surface area (Å²) in [6.45, 7) is 1.15. The van der Waals surface area contributed by atoms with E-state index in [0.29, 0.717) is 61.7 Å². The van der Waals surface area contributed by atoms with Crippen LogP contribution in [-0.2, 0) is 0 Å². The van der Waals surface area contributed by atoms with Crippen LogP contribution in [0.3, 0.4) is 0 Å². The van der Waals surface area contributed by atoms with Crippen LogP contribution in [0.15, 0.2) is 18.2 Å². The minimum atomic E-state index is -0.951. The van der Waals surface area contributed by atoms with Crippen molar-refractivity contribution in [2.45, 2.75) is 31.9 Å². The van der Waals surface area contributed by atoms with Crippen molar-refractivity contribution in [3.63, 3.8) is 0 Å². The van der Waals surface area contributed by atoms with E-state index in [0.717, 1.165) is 0 Å². The third-order valence-electron chi connectivity index (χ3n) is 4.79. The first-order valence-corrected chi connectivity index (χ1v) is 9.43. The number of piperidine rings is 1. The van der Waals surface area contributed by atoms with Gasteiger partial charge in [-0.25, -0.2) is 9.18 Å². The molecule has 1 N–H and O–H groups in total. The Morgan fingerprint density at radius 1 is 1.37 bits per heavy atom. The van der Waals surface area contributed by atoms with Crippen molar-refractivity contribution in [1.82, 2.24) is 9.80 Å². The van der Waals surface area contributed by atoms with Gasteiger partial charge in [-0.1, -0.05) is 11.6 Å². The summed E-state index contributed by atoms with van der Waals surface area (Å²) in [4.78, 5) is 25.6. The third-order valence-corrected chi connectivity index (χ3v) is 5.10. The van der Waals surface area contributed by atoms with Crippen LogP contribution in [0.25, 0.3) is 0 Å². The number of ether oxygens (including phenoxy) is 1. The molecule has 1 heterocycles. The molecule has 0 aliphatic carbocycles. The van der Waals surface area contributed by atoms with Crippen molar-refractivity contribution in [3.8, 4) is 5.75 Å². The van der Waals surface area contributed by atoms with Crippen LogP contribution >= 0.6 is 11.6 Å². The van der Waals surface area contributed by atoms with Gasteiger partial charge in [-0.2, -0.15) is 0 Å². The Balaban J connectivity index is 1.73. The van der Waals surface area contributed by atoms with Crippen LogP contribution in [0.4, 0.5) is 9.18 Å². The van der Waals surface area contributed by atoms with Gasteiger partial charge < -0.3 is 19.6 Å². The predicted octanol–water partition coefficient (Wildman–Crippen LogP) is 3.93. The fourth-order valence-electron chi connectivity index (χ4n) is 3.16. The van der Waals surface area contributed by atoms with Crippen LogP contribution in [0.1, 0.15) is 36.0 Å². The number of hydrogen-bond donors (Lipinski definition) is 1. The number of likely N-dealkylation sites (tertiary alicyclic amines) is 1. The number of carboxylic acid groups (broad SMARTS) is 1. The van der Waals surface area contributed by atoms with Crippen LogP contribution in [0, 0.1) is 5.92 Å². The Hall–Kier alpha value is -2.02. The number of benzene rings is 1. The Bertz CT molecular complexity index is 663. The number of alkyl halides is 1. The summed E-state index contributed by atoms with van der Waals surface area (Å²) in [5.41, 5.74) is 0.408. The molecule has 0 spiro atoms. The monoisotopic (exact) mass is 400 g/mol. The summed E-state index contributed by atoms with van der Waals surface area (Å²) in [5.74, 6) is 0.271. The average Bonchev–Trinajstić information content (AvgIpc) is 2.64. The second-order valence-corrected chi connectivity index (χ2v) is 7.36. The van der Waals surface area contributed by atoms with Crippen molar-refractivity contribution in [2.24, 2.45) is 5.92 Å². The van der Waals surface area contributed by atoms with E-state index in [4.69, 9.17) is 21.4 Å². The zero-order chi connectivity index (χ0) is 20.0. The molecule has 1 fully saturated rings. The molecule has 1 unspecified atom stereocenters. The minimum Gasteiger partial charge on any atom is -0.494 e. The van der Waals surface area contributed by atoms with Crippen LogP contribution in [-0.4, -0.2) is 66.9 Å². The lowest BCUT2D eigenvalue weighted by molar-refractivity contribution is 0.0827. The molecule has 1 atom stereocenters. The molecule has 0 radical (unpaired) electrons. The van der Waals surface area contributed by atoms with Crippen molar-refractivity contribution in [1.29, 1.82) is 0 Å². The maximum Gasteiger partial charge on any atom is 0.407 e. The molecule has 150 valence electrons. The molecular weight excluding hydrogens is 375 g/mol. The molecule has 0 saturated carbocycles. The minimum absolute atomic E-state index is 0.0913. The van der Waals surface area contributed by atoms with E-state index in [2.05, 4.69) is 0 Å². The molecule has 1 aliphatic heterocycles. The van der Waals surface area contributed by atoms with Gasteiger partial charge in [-0.15, -0.1) is 0 Å². The predicted molar refractivity (Wildman–Crippen MR) is 101 cm³/mol. The van der Waals surface area contributed by atoms with E-state index in [1.165, 1.54) is 9.80 Å². The lowest BCUT2D eigenvalue weighted by atomic mass is 9.90. The summed E-state index contributed by atoms with van der Waals surface area (Å²) in [6, 6.07) is 4.89. The average molecular weight is 401 g/mol. The van der Waals surface area contributed by atoms with Crippen molar-refractivity contribution in [2.75, 3.05) is 33.8 Å². The fourth-order valence-corrected chi connectivity index (χ4v) is 3.41. The second kappa shape index (κ2) is 9.78. The fraction of sp³-hybridized carbons (Fsp3) is 0.579. The topological polar surface area (TPSA) is 70.1 Å². The smallest absolute Gasteiger partial charge is 0.407 e. The van der Waals surface area contributed by atoms with Gasteiger partial charge in [0.15, 0.2) is 0 Å². The van der Waals surface area contributed by atoms with E-state index in [9.17, 15) is 14.0 Å². The molecule has 1 aromatic rings. The molecule has 1 aliphatic rings. The number of amides is 2. The SMILES string of the molecule is CN(C)C(=O)c1ccc(OCCCC(F)C2CCN(C(=O)O)CC2)cc1Cl. The van der Waals surface area contributed by atoms with Crippen LogP contribution < -0.4 is 4.74 Å². The number of rotatable bonds is 7. The third kappa shape index (κ3) is 5.99. The van der Waals surface area contributed by atoms with Gasteiger partial charge in [0, 0.05) is 27.2 Å². The number of carbonyl (C=O) groups excluding carboxylic acids is 1. The lowest BCUT2D eigenvalue weighted by Crippen LogP contribution is -2.39. The molecule has 0 aromatic heterocycles. The normalized spacial score (nSPS) is 16.1. The number of nitrogens with zero attached hydrogens (tertiary/aromatic N) is 2. The number of halogens is 2. The standard InChI is InChI=1S/C19H26ClFN2O4/c1-22(2)18(24)15-6-5-14(12-16(15)20)27-11-3-4-17(21)13-7-9-23(10-8-13)19(25)26/h5-6,12-13,17H,3-4,7-11H2,1-2H3,(H,25,26).